The van der Waals surface area contributed by atoms with Crippen LogP contribution in [-0.4, -0.2) is 0 Å². The number of hydrogen-bond acceptors (Lipinski definition) is 0. The maximum Gasteiger partial charge on any atom is -0.0241 e. The van der Waals surface area contributed by atoms with Crippen molar-refractivity contribution in [2.24, 2.45) is 22.7 Å². The fourth-order valence-corrected chi connectivity index (χ4v) is 4.85. The van der Waals surface area contributed by atoms with Gasteiger partial charge in [0.2, 0.25) is 0 Å². The minimum atomic E-state index is 0.749. The van der Waals surface area contributed by atoms with Crippen molar-refractivity contribution in [2.75, 3.05) is 0 Å². The van der Waals surface area contributed by atoms with Gasteiger partial charge < -0.3 is 0 Å². The van der Waals surface area contributed by atoms with E-state index < -0.39 is 0 Å². The van der Waals surface area contributed by atoms with Crippen LogP contribution in [-0.2, 0) is 0 Å². The van der Waals surface area contributed by atoms with E-state index in [1.807, 2.05) is 0 Å². The Morgan fingerprint density at radius 1 is 1.08 bits per heavy atom. The van der Waals surface area contributed by atoms with Crippen LogP contribution in [0.3, 0.4) is 0 Å². The van der Waals surface area contributed by atoms with E-state index in [1.165, 1.54) is 19.3 Å². The first-order valence-electron chi connectivity index (χ1n) is 5.66. The summed E-state index contributed by atoms with van der Waals surface area (Å²) >= 11 is 0. The van der Waals surface area contributed by atoms with E-state index >= 15 is 0 Å². The van der Waals surface area contributed by atoms with Crippen molar-refractivity contribution in [3.05, 3.63) is 0 Å². The highest BCUT2D eigenvalue weighted by atomic mass is 14.7. The Morgan fingerprint density at radius 3 is 2.67 bits per heavy atom. The molecule has 68 valence electrons. The Hall–Kier alpha value is 0. The van der Waals surface area contributed by atoms with E-state index in [0.717, 1.165) is 22.7 Å². The lowest BCUT2D eigenvalue weighted by Gasteiger charge is -2.43. The molecule has 3 rings (SSSR count). The van der Waals surface area contributed by atoms with Gasteiger partial charge in [-0.25, -0.2) is 0 Å². The Kier molecular flexibility index (Phi) is 1.18. The van der Waals surface area contributed by atoms with Crippen LogP contribution in [0, 0.1) is 22.7 Å². The predicted molar refractivity (Wildman–Crippen MR) is 50.9 cm³/mol. The number of hydrogen-bond donors (Lipinski definition) is 0. The monoisotopic (exact) mass is 164 g/mol. The third-order valence-corrected chi connectivity index (χ3v) is 5.76. The molecule has 0 heterocycles. The molecule has 0 aromatic carbocycles. The van der Waals surface area contributed by atoms with Gasteiger partial charge in [-0.3, -0.25) is 0 Å². The molecule has 3 fully saturated rings. The molecule has 12 heavy (non-hydrogen) atoms. The smallest absolute Gasteiger partial charge is 0.0241 e. The van der Waals surface area contributed by atoms with Gasteiger partial charge in [0.05, 0.1) is 0 Å². The van der Waals surface area contributed by atoms with E-state index in [2.05, 4.69) is 13.8 Å². The molecule has 0 N–H and O–H groups in total. The molecule has 0 saturated heterocycles. The van der Waals surface area contributed by atoms with Gasteiger partial charge in [0, 0.05) is 0 Å². The topological polar surface area (TPSA) is 0 Å². The summed E-state index contributed by atoms with van der Waals surface area (Å²) in [6, 6.07) is 0. The summed E-state index contributed by atoms with van der Waals surface area (Å²) in [5.41, 5.74) is 1.51. The summed E-state index contributed by atoms with van der Waals surface area (Å²) in [7, 11) is 0. The quantitative estimate of drug-likeness (QED) is 0.513. The Morgan fingerprint density at radius 2 is 1.92 bits per heavy atom. The summed E-state index contributed by atoms with van der Waals surface area (Å²) in [6.45, 7) is 5.15. The van der Waals surface area contributed by atoms with Crippen LogP contribution in [0.15, 0.2) is 0 Å². The van der Waals surface area contributed by atoms with Crippen LogP contribution in [0.2, 0.25) is 0 Å². The molecule has 0 heteroatoms. The van der Waals surface area contributed by atoms with Crippen LogP contribution >= 0.6 is 0 Å². The molecule has 4 atom stereocenters. The second kappa shape index (κ2) is 1.91. The summed E-state index contributed by atoms with van der Waals surface area (Å²) < 4.78 is 0. The zero-order valence-electron chi connectivity index (χ0n) is 8.40. The van der Waals surface area contributed by atoms with Crippen LogP contribution in [0.1, 0.15) is 52.4 Å². The van der Waals surface area contributed by atoms with Crippen molar-refractivity contribution in [3.8, 4) is 0 Å². The molecular formula is C12H20. The van der Waals surface area contributed by atoms with Crippen molar-refractivity contribution in [1.29, 1.82) is 0 Å². The molecule has 2 bridgehead atoms. The first-order valence-corrected chi connectivity index (χ1v) is 5.66. The molecule has 0 spiro atoms. The molecule has 4 unspecified atom stereocenters. The van der Waals surface area contributed by atoms with Crippen LogP contribution in [0.5, 0.6) is 0 Å². The Bertz CT molecular complexity index is 220. The molecule has 3 saturated carbocycles. The van der Waals surface area contributed by atoms with Gasteiger partial charge in [-0.15, -0.1) is 0 Å². The summed E-state index contributed by atoms with van der Waals surface area (Å²) in [5.74, 6) is 2.25. The van der Waals surface area contributed by atoms with E-state index in [4.69, 9.17) is 0 Å². The third-order valence-electron chi connectivity index (χ3n) is 5.76. The van der Waals surface area contributed by atoms with Crippen LogP contribution in [0.4, 0.5) is 0 Å². The van der Waals surface area contributed by atoms with Gasteiger partial charge in [-0.1, -0.05) is 20.3 Å². The molecule has 0 nitrogen and oxygen atoms in total. The first kappa shape index (κ1) is 7.41. The molecule has 3 aliphatic carbocycles. The molecule has 0 aromatic rings. The molecule has 0 radical (unpaired) electrons. The lowest BCUT2D eigenvalue weighted by molar-refractivity contribution is 0.0571. The van der Waals surface area contributed by atoms with Gasteiger partial charge in [0.15, 0.2) is 0 Å². The fraction of sp³-hybridized carbons (Fsp3) is 1.00. The summed E-state index contributed by atoms with van der Waals surface area (Å²) in [4.78, 5) is 0. The van der Waals surface area contributed by atoms with Gasteiger partial charge in [0.25, 0.3) is 0 Å². The second-order valence-electron chi connectivity index (χ2n) is 5.98. The standard InChI is InChI=1S/C12H20/c1-11-7-5-9(8-11)10-4-3-6-12(10,11)2/h9-10H,3-8H2,1-2H3. The van der Waals surface area contributed by atoms with Gasteiger partial charge in [-0.2, -0.15) is 0 Å². The minimum Gasteiger partial charge on any atom is -0.0591 e. The van der Waals surface area contributed by atoms with Crippen LogP contribution in [0.25, 0.3) is 0 Å². The van der Waals surface area contributed by atoms with Gasteiger partial charge in [0.1, 0.15) is 0 Å². The van der Waals surface area contributed by atoms with E-state index in [1.54, 1.807) is 19.3 Å². The first-order chi connectivity index (χ1) is 5.66. The SMILES string of the molecule is CC12CCC(C1)C1CCCC12C. The second-order valence-corrected chi connectivity index (χ2v) is 5.98. The lowest BCUT2D eigenvalue weighted by Crippen LogP contribution is -2.35. The van der Waals surface area contributed by atoms with E-state index in [0.29, 0.717) is 0 Å². The van der Waals surface area contributed by atoms with Gasteiger partial charge in [-0.05, 0) is 54.8 Å². The predicted octanol–water partition coefficient (Wildman–Crippen LogP) is 3.61. The van der Waals surface area contributed by atoms with E-state index in [-0.39, 0.29) is 0 Å². The molecule has 0 amide bonds. The third kappa shape index (κ3) is 0.592. The van der Waals surface area contributed by atoms with Crippen molar-refractivity contribution in [2.45, 2.75) is 52.4 Å². The maximum atomic E-state index is 2.59. The lowest BCUT2D eigenvalue weighted by atomic mass is 9.61. The highest BCUT2D eigenvalue weighted by Crippen LogP contribution is 2.72. The largest absolute Gasteiger partial charge is 0.0591 e. The Balaban J connectivity index is 2.06. The van der Waals surface area contributed by atoms with Crippen molar-refractivity contribution in [3.63, 3.8) is 0 Å². The average molecular weight is 164 g/mol. The fourth-order valence-electron chi connectivity index (χ4n) is 4.85. The molecule has 0 aliphatic heterocycles. The molecular weight excluding hydrogens is 144 g/mol. The van der Waals surface area contributed by atoms with Crippen molar-refractivity contribution in [1.82, 2.24) is 0 Å². The highest BCUT2D eigenvalue weighted by molar-refractivity contribution is 5.12. The average Bonchev–Trinajstić information content (AvgIpc) is 2.58. The maximum absolute atomic E-state index is 2.59. The summed E-state index contributed by atoms with van der Waals surface area (Å²) in [6.07, 6.45) is 9.25. The molecule has 3 aliphatic rings. The zero-order valence-corrected chi connectivity index (χ0v) is 8.40. The highest BCUT2D eigenvalue weighted by Gasteiger charge is 2.63. The molecule has 0 aromatic heterocycles. The van der Waals surface area contributed by atoms with Crippen LogP contribution < -0.4 is 0 Å². The Labute approximate surface area is 75.7 Å². The van der Waals surface area contributed by atoms with Crippen molar-refractivity contribution >= 4 is 0 Å². The number of rotatable bonds is 0. The van der Waals surface area contributed by atoms with Crippen molar-refractivity contribution < 1.29 is 0 Å². The zero-order chi connectivity index (χ0) is 8.40. The van der Waals surface area contributed by atoms with Gasteiger partial charge >= 0.3 is 0 Å². The van der Waals surface area contributed by atoms with E-state index in [9.17, 15) is 0 Å². The number of fused-ring (bicyclic) bond motifs is 5. The minimum absolute atomic E-state index is 0.749. The summed E-state index contributed by atoms with van der Waals surface area (Å²) in [5, 5.41) is 0. The normalized spacial score (nSPS) is 62.5.